The van der Waals surface area contributed by atoms with Gasteiger partial charge in [0.25, 0.3) is 0 Å². The summed E-state index contributed by atoms with van der Waals surface area (Å²) in [5.74, 6) is 0.288. The highest BCUT2D eigenvalue weighted by molar-refractivity contribution is 5.15. The van der Waals surface area contributed by atoms with Crippen molar-refractivity contribution in [3.8, 4) is 6.07 Å². The molecule has 58 valence electrons. The fourth-order valence-corrected chi connectivity index (χ4v) is 2.05. The van der Waals surface area contributed by atoms with E-state index in [0.29, 0.717) is 12.1 Å². The van der Waals surface area contributed by atoms with Gasteiger partial charge in [0, 0.05) is 18.0 Å². The molecule has 2 heteroatoms. The third kappa shape index (κ3) is 0.965. The van der Waals surface area contributed by atoms with Gasteiger partial charge in [-0.3, -0.25) is 4.90 Å². The summed E-state index contributed by atoms with van der Waals surface area (Å²) in [5.41, 5.74) is 0. The Morgan fingerprint density at radius 1 is 1.36 bits per heavy atom. The maximum absolute atomic E-state index is 8.74. The Morgan fingerprint density at radius 2 is 1.91 bits per heavy atom. The summed E-state index contributed by atoms with van der Waals surface area (Å²) in [6, 6.07) is 3.44. The third-order valence-corrected chi connectivity index (χ3v) is 2.84. The van der Waals surface area contributed by atoms with Crippen molar-refractivity contribution >= 4 is 0 Å². The molecule has 0 saturated carbocycles. The summed E-state index contributed by atoms with van der Waals surface area (Å²) in [5, 5.41) is 8.74. The summed E-state index contributed by atoms with van der Waals surface area (Å²) in [7, 11) is 2.14. The van der Waals surface area contributed by atoms with Crippen molar-refractivity contribution in [2.24, 2.45) is 5.92 Å². The number of hydrogen-bond acceptors (Lipinski definition) is 2. The van der Waals surface area contributed by atoms with Crippen LogP contribution >= 0.6 is 0 Å². The van der Waals surface area contributed by atoms with Crippen molar-refractivity contribution in [1.29, 1.82) is 5.26 Å². The number of likely N-dealkylation sites (N-methyl/N-ethyl adjacent to an activating group) is 1. The second kappa shape index (κ2) is 2.35. The predicted octanol–water partition coefficient (Wildman–Crippen LogP) is 1.16. The summed E-state index contributed by atoms with van der Waals surface area (Å²) < 4.78 is 0. The van der Waals surface area contributed by atoms with Gasteiger partial charge < -0.3 is 0 Å². The average molecular weight is 148 g/mol. The van der Waals surface area contributed by atoms with Gasteiger partial charge in [-0.25, -0.2) is 0 Å². The summed E-state index contributed by atoms with van der Waals surface area (Å²) >= 11 is 0. The SMILES string of the molecule is CN1[C@@H]2C=C[C@H]1CC(C#N)C2. The molecule has 0 aromatic rings. The first-order chi connectivity index (χ1) is 5.31. The quantitative estimate of drug-likeness (QED) is 0.482. The smallest absolute Gasteiger partial charge is 0.0657 e. The monoisotopic (exact) mass is 148 g/mol. The molecule has 2 aliphatic rings. The molecule has 0 N–H and O–H groups in total. The normalized spacial score (nSPS) is 42.4. The lowest BCUT2D eigenvalue weighted by atomic mass is 9.92. The molecule has 2 bridgehead atoms. The molecule has 0 aromatic heterocycles. The van der Waals surface area contributed by atoms with E-state index < -0.39 is 0 Å². The molecular formula is C9H12N2. The maximum Gasteiger partial charge on any atom is 0.0657 e. The van der Waals surface area contributed by atoms with Gasteiger partial charge in [-0.2, -0.15) is 5.26 Å². The van der Waals surface area contributed by atoms with E-state index in [-0.39, 0.29) is 5.92 Å². The number of nitriles is 1. The molecule has 1 unspecified atom stereocenters. The lowest BCUT2D eigenvalue weighted by molar-refractivity contribution is 0.170. The summed E-state index contributed by atoms with van der Waals surface area (Å²) in [6.07, 6.45) is 6.53. The lowest BCUT2D eigenvalue weighted by Crippen LogP contribution is -2.40. The van der Waals surface area contributed by atoms with Crippen LogP contribution in [-0.2, 0) is 0 Å². The van der Waals surface area contributed by atoms with Crippen LogP contribution in [0.3, 0.4) is 0 Å². The van der Waals surface area contributed by atoms with E-state index in [1.165, 1.54) is 0 Å². The van der Waals surface area contributed by atoms with Crippen molar-refractivity contribution in [3.63, 3.8) is 0 Å². The first-order valence-corrected chi connectivity index (χ1v) is 4.11. The Balaban J connectivity index is 2.14. The van der Waals surface area contributed by atoms with Gasteiger partial charge in [0.2, 0.25) is 0 Å². The zero-order valence-electron chi connectivity index (χ0n) is 6.70. The highest BCUT2D eigenvalue weighted by Gasteiger charge is 2.34. The summed E-state index contributed by atoms with van der Waals surface area (Å²) in [4.78, 5) is 2.36. The number of piperidine rings is 1. The molecule has 3 atom stereocenters. The van der Waals surface area contributed by atoms with Gasteiger partial charge >= 0.3 is 0 Å². The van der Waals surface area contributed by atoms with Crippen molar-refractivity contribution in [2.45, 2.75) is 24.9 Å². The van der Waals surface area contributed by atoms with Crippen LogP contribution in [0.4, 0.5) is 0 Å². The van der Waals surface area contributed by atoms with Crippen molar-refractivity contribution < 1.29 is 0 Å². The first-order valence-electron chi connectivity index (χ1n) is 4.11. The van der Waals surface area contributed by atoms with E-state index in [0.717, 1.165) is 12.8 Å². The molecule has 0 amide bonds. The molecule has 2 nitrogen and oxygen atoms in total. The molecule has 0 spiro atoms. The molecule has 1 fully saturated rings. The van der Waals surface area contributed by atoms with Gasteiger partial charge in [-0.05, 0) is 19.9 Å². The van der Waals surface area contributed by atoms with Gasteiger partial charge in [-0.15, -0.1) is 0 Å². The number of hydrogen-bond donors (Lipinski definition) is 0. The van der Waals surface area contributed by atoms with E-state index in [9.17, 15) is 0 Å². The second-order valence-corrected chi connectivity index (χ2v) is 3.48. The minimum Gasteiger partial charge on any atom is -0.293 e. The molecule has 2 heterocycles. The average Bonchev–Trinajstić information content (AvgIpc) is 2.26. The van der Waals surface area contributed by atoms with Crippen LogP contribution in [0.5, 0.6) is 0 Å². The standard InChI is InChI=1S/C9H12N2/c1-11-8-2-3-9(11)5-7(4-8)6-10/h2-3,7-9H,4-5H2,1H3/t7?,8-,9+. The molecule has 11 heavy (non-hydrogen) atoms. The predicted molar refractivity (Wildman–Crippen MR) is 42.8 cm³/mol. The van der Waals surface area contributed by atoms with Crippen molar-refractivity contribution in [1.82, 2.24) is 4.90 Å². The van der Waals surface area contributed by atoms with Crippen LogP contribution in [0.2, 0.25) is 0 Å². The van der Waals surface area contributed by atoms with E-state index in [1.807, 2.05) is 0 Å². The number of nitrogens with zero attached hydrogens (tertiary/aromatic N) is 2. The Hall–Kier alpha value is -0.810. The molecule has 0 aromatic carbocycles. The zero-order valence-corrected chi connectivity index (χ0v) is 6.70. The zero-order chi connectivity index (χ0) is 7.84. The lowest BCUT2D eigenvalue weighted by Gasteiger charge is -2.33. The number of rotatable bonds is 0. The fraction of sp³-hybridized carbons (Fsp3) is 0.667. The van der Waals surface area contributed by atoms with Crippen LogP contribution in [-0.4, -0.2) is 24.0 Å². The van der Waals surface area contributed by atoms with E-state index in [1.54, 1.807) is 0 Å². The maximum atomic E-state index is 8.74. The van der Waals surface area contributed by atoms with Crippen LogP contribution in [0.25, 0.3) is 0 Å². The van der Waals surface area contributed by atoms with Crippen LogP contribution in [0.15, 0.2) is 12.2 Å². The van der Waals surface area contributed by atoms with E-state index >= 15 is 0 Å². The van der Waals surface area contributed by atoms with Gasteiger partial charge in [-0.1, -0.05) is 12.2 Å². The topological polar surface area (TPSA) is 27.0 Å². The van der Waals surface area contributed by atoms with Crippen molar-refractivity contribution in [3.05, 3.63) is 12.2 Å². The molecular weight excluding hydrogens is 136 g/mol. The third-order valence-electron chi connectivity index (χ3n) is 2.84. The Kier molecular flexibility index (Phi) is 1.47. The number of fused-ring (bicyclic) bond motifs is 2. The first kappa shape index (κ1) is 6.87. The van der Waals surface area contributed by atoms with Crippen LogP contribution < -0.4 is 0 Å². The molecule has 0 radical (unpaired) electrons. The summed E-state index contributed by atoms with van der Waals surface area (Å²) in [6.45, 7) is 0. The van der Waals surface area contributed by atoms with Gasteiger partial charge in [0.1, 0.15) is 0 Å². The minimum atomic E-state index is 0.288. The Labute approximate surface area is 67.1 Å². The van der Waals surface area contributed by atoms with Crippen LogP contribution in [0, 0.1) is 17.2 Å². The highest BCUT2D eigenvalue weighted by atomic mass is 15.2. The van der Waals surface area contributed by atoms with E-state index in [4.69, 9.17) is 5.26 Å². The van der Waals surface area contributed by atoms with E-state index in [2.05, 4.69) is 30.2 Å². The fourth-order valence-electron chi connectivity index (χ4n) is 2.05. The van der Waals surface area contributed by atoms with Gasteiger partial charge in [0.15, 0.2) is 0 Å². The molecule has 2 aliphatic heterocycles. The molecule has 2 rings (SSSR count). The molecule has 0 aliphatic carbocycles. The van der Waals surface area contributed by atoms with Crippen molar-refractivity contribution in [2.75, 3.05) is 7.05 Å². The minimum absolute atomic E-state index is 0.288. The second-order valence-electron chi connectivity index (χ2n) is 3.48. The largest absolute Gasteiger partial charge is 0.293 e. The van der Waals surface area contributed by atoms with Gasteiger partial charge in [0.05, 0.1) is 6.07 Å². The molecule has 1 saturated heterocycles. The van der Waals surface area contributed by atoms with Crippen LogP contribution in [0.1, 0.15) is 12.8 Å². The Morgan fingerprint density at radius 3 is 2.36 bits per heavy atom. The Bertz CT molecular complexity index is 210. The highest BCUT2D eigenvalue weighted by Crippen LogP contribution is 2.31.